The number of aromatic nitrogens is 1. The average molecular weight is 287 g/mol. The summed E-state index contributed by atoms with van der Waals surface area (Å²) in [4.78, 5) is 4.53. The molecule has 2 rings (SSSR count). The summed E-state index contributed by atoms with van der Waals surface area (Å²) in [5.41, 5.74) is 2.40. The Morgan fingerprint density at radius 1 is 1.26 bits per heavy atom. The molecule has 0 amide bonds. The normalized spacial score (nSPS) is 9.89. The molecule has 0 saturated carbocycles. The molecule has 1 heterocycles. The Labute approximate surface area is 121 Å². The molecular formula is C15H11ClN2S. The van der Waals surface area contributed by atoms with Gasteiger partial charge in [-0.15, -0.1) is 18.3 Å². The first-order valence-corrected chi connectivity index (χ1v) is 7.01. The highest BCUT2D eigenvalue weighted by atomic mass is 35.5. The molecule has 2 nitrogen and oxygen atoms in total. The van der Waals surface area contributed by atoms with Crippen molar-refractivity contribution in [1.29, 1.82) is 5.26 Å². The third-order valence-corrected chi connectivity index (χ3v) is 3.70. The van der Waals surface area contributed by atoms with Crippen LogP contribution < -0.4 is 0 Å². The third-order valence-electron chi connectivity index (χ3n) is 2.46. The van der Waals surface area contributed by atoms with Crippen LogP contribution in [0, 0.1) is 11.3 Å². The van der Waals surface area contributed by atoms with Crippen molar-refractivity contribution >= 4 is 23.4 Å². The van der Waals surface area contributed by atoms with Crippen molar-refractivity contribution in [3.8, 4) is 17.3 Å². The van der Waals surface area contributed by atoms with Gasteiger partial charge in [0.25, 0.3) is 0 Å². The molecule has 0 spiro atoms. The first kappa shape index (κ1) is 13.7. The first-order chi connectivity index (χ1) is 9.24. The minimum atomic E-state index is 0.588. The van der Waals surface area contributed by atoms with Crippen LogP contribution in [0.4, 0.5) is 0 Å². The van der Waals surface area contributed by atoms with E-state index in [0.29, 0.717) is 10.6 Å². The predicted molar refractivity (Wildman–Crippen MR) is 80.3 cm³/mol. The van der Waals surface area contributed by atoms with Gasteiger partial charge in [-0.25, -0.2) is 4.98 Å². The number of nitrogens with zero attached hydrogens (tertiary/aromatic N) is 2. The number of halogens is 1. The van der Waals surface area contributed by atoms with Gasteiger partial charge in [0, 0.05) is 16.3 Å². The van der Waals surface area contributed by atoms with E-state index in [4.69, 9.17) is 16.9 Å². The second-order valence-corrected chi connectivity index (χ2v) is 5.21. The van der Waals surface area contributed by atoms with Crippen LogP contribution in [0.1, 0.15) is 5.56 Å². The Bertz CT molecular complexity index is 630. The first-order valence-electron chi connectivity index (χ1n) is 5.65. The third kappa shape index (κ3) is 3.37. The van der Waals surface area contributed by atoms with Crippen LogP contribution in [-0.2, 0) is 0 Å². The van der Waals surface area contributed by atoms with Crippen molar-refractivity contribution in [3.05, 3.63) is 59.6 Å². The van der Waals surface area contributed by atoms with E-state index in [1.54, 1.807) is 12.1 Å². The summed E-state index contributed by atoms with van der Waals surface area (Å²) in [6, 6.07) is 13.3. The van der Waals surface area contributed by atoms with Crippen molar-refractivity contribution in [1.82, 2.24) is 4.98 Å². The van der Waals surface area contributed by atoms with E-state index in [1.165, 1.54) is 11.8 Å². The average Bonchev–Trinajstić information content (AvgIpc) is 2.45. The van der Waals surface area contributed by atoms with Crippen molar-refractivity contribution in [2.75, 3.05) is 5.75 Å². The van der Waals surface area contributed by atoms with Gasteiger partial charge in [-0.05, 0) is 24.3 Å². The molecule has 0 atom stereocenters. The molecule has 0 aliphatic carbocycles. The van der Waals surface area contributed by atoms with Crippen LogP contribution >= 0.6 is 23.4 Å². The molecule has 2 aromatic rings. The lowest BCUT2D eigenvalue weighted by Crippen LogP contribution is -1.91. The molecule has 0 saturated heterocycles. The highest BCUT2D eigenvalue weighted by molar-refractivity contribution is 7.99. The van der Waals surface area contributed by atoms with Crippen LogP contribution in [0.25, 0.3) is 11.3 Å². The van der Waals surface area contributed by atoms with Crippen LogP contribution in [0.3, 0.4) is 0 Å². The monoisotopic (exact) mass is 286 g/mol. The molecule has 19 heavy (non-hydrogen) atoms. The summed E-state index contributed by atoms with van der Waals surface area (Å²) < 4.78 is 0. The van der Waals surface area contributed by atoms with Crippen molar-refractivity contribution in [2.24, 2.45) is 0 Å². The SMILES string of the molecule is C=CCSc1nc(-c2ccc(Cl)cc2)ccc1C#N. The maximum absolute atomic E-state index is 9.07. The van der Waals surface area contributed by atoms with Crippen LogP contribution in [0.2, 0.25) is 5.02 Å². The minimum Gasteiger partial charge on any atom is -0.240 e. The van der Waals surface area contributed by atoms with Gasteiger partial charge in [0.15, 0.2) is 0 Å². The molecule has 1 aromatic heterocycles. The standard InChI is InChI=1S/C15H11ClN2S/c1-2-9-19-15-12(10-17)5-8-14(18-15)11-3-6-13(16)7-4-11/h2-8H,1,9H2. The van der Waals surface area contributed by atoms with E-state index < -0.39 is 0 Å². The van der Waals surface area contributed by atoms with E-state index >= 15 is 0 Å². The zero-order valence-corrected chi connectivity index (χ0v) is 11.7. The van der Waals surface area contributed by atoms with Gasteiger partial charge in [0.1, 0.15) is 11.1 Å². The molecule has 4 heteroatoms. The number of nitriles is 1. The van der Waals surface area contributed by atoms with E-state index in [1.807, 2.05) is 30.3 Å². The molecule has 94 valence electrons. The zero-order chi connectivity index (χ0) is 13.7. The van der Waals surface area contributed by atoms with E-state index in [2.05, 4.69) is 17.6 Å². The highest BCUT2D eigenvalue weighted by Crippen LogP contribution is 2.26. The number of benzene rings is 1. The molecule has 0 unspecified atom stereocenters. The Balaban J connectivity index is 2.39. The number of hydrogen-bond donors (Lipinski definition) is 0. The van der Waals surface area contributed by atoms with Crippen molar-refractivity contribution in [3.63, 3.8) is 0 Å². The van der Waals surface area contributed by atoms with Crippen LogP contribution in [0.15, 0.2) is 54.1 Å². The summed E-state index contributed by atoms with van der Waals surface area (Å²) in [7, 11) is 0. The Kier molecular flexibility index (Phi) is 4.62. The Morgan fingerprint density at radius 3 is 2.63 bits per heavy atom. The summed E-state index contributed by atoms with van der Waals surface area (Å²) in [6.07, 6.45) is 1.79. The van der Waals surface area contributed by atoms with Crippen molar-refractivity contribution in [2.45, 2.75) is 5.03 Å². The number of rotatable bonds is 4. The van der Waals surface area contributed by atoms with E-state index in [9.17, 15) is 0 Å². The highest BCUT2D eigenvalue weighted by Gasteiger charge is 2.07. The quantitative estimate of drug-likeness (QED) is 0.611. The van der Waals surface area contributed by atoms with Gasteiger partial charge in [-0.1, -0.05) is 29.8 Å². The summed E-state index contributed by atoms with van der Waals surface area (Å²) >= 11 is 7.37. The minimum absolute atomic E-state index is 0.588. The van der Waals surface area contributed by atoms with Crippen LogP contribution in [-0.4, -0.2) is 10.7 Å². The van der Waals surface area contributed by atoms with Gasteiger partial charge in [-0.2, -0.15) is 5.26 Å². The second kappa shape index (κ2) is 6.42. The Hall–Kier alpha value is -1.76. The topological polar surface area (TPSA) is 36.7 Å². The lowest BCUT2D eigenvalue weighted by Gasteiger charge is -2.05. The fraction of sp³-hybridized carbons (Fsp3) is 0.0667. The van der Waals surface area contributed by atoms with Gasteiger partial charge >= 0.3 is 0 Å². The van der Waals surface area contributed by atoms with Gasteiger partial charge in [0.05, 0.1) is 11.3 Å². The zero-order valence-electron chi connectivity index (χ0n) is 10.1. The lowest BCUT2D eigenvalue weighted by molar-refractivity contribution is 1.12. The molecular weight excluding hydrogens is 276 g/mol. The predicted octanol–water partition coefficient (Wildman–Crippen LogP) is 4.55. The van der Waals surface area contributed by atoms with Crippen LogP contribution in [0.5, 0.6) is 0 Å². The van der Waals surface area contributed by atoms with E-state index in [0.717, 1.165) is 22.0 Å². The Morgan fingerprint density at radius 2 is 2.00 bits per heavy atom. The summed E-state index contributed by atoms with van der Waals surface area (Å²) in [5.74, 6) is 0.728. The smallest absolute Gasteiger partial charge is 0.115 e. The van der Waals surface area contributed by atoms with Crippen molar-refractivity contribution < 1.29 is 0 Å². The molecule has 0 aliphatic heterocycles. The molecule has 0 N–H and O–H groups in total. The number of thioether (sulfide) groups is 1. The summed E-state index contributed by atoms with van der Waals surface area (Å²) in [6.45, 7) is 3.68. The fourth-order valence-corrected chi connectivity index (χ4v) is 2.39. The van der Waals surface area contributed by atoms with E-state index in [-0.39, 0.29) is 0 Å². The maximum Gasteiger partial charge on any atom is 0.115 e. The summed E-state index contributed by atoms with van der Waals surface area (Å²) in [5, 5.41) is 10.5. The molecule has 1 aromatic carbocycles. The number of hydrogen-bond acceptors (Lipinski definition) is 3. The largest absolute Gasteiger partial charge is 0.240 e. The van der Waals surface area contributed by atoms with Gasteiger partial charge in [0.2, 0.25) is 0 Å². The molecule has 0 bridgehead atoms. The lowest BCUT2D eigenvalue weighted by atomic mass is 10.1. The van der Waals surface area contributed by atoms with Gasteiger partial charge < -0.3 is 0 Å². The molecule has 0 fully saturated rings. The fourth-order valence-electron chi connectivity index (χ4n) is 1.55. The second-order valence-electron chi connectivity index (χ2n) is 3.77. The molecule has 0 radical (unpaired) electrons. The van der Waals surface area contributed by atoms with Gasteiger partial charge in [-0.3, -0.25) is 0 Å². The molecule has 0 aliphatic rings. The number of pyridine rings is 1. The maximum atomic E-state index is 9.07.